The van der Waals surface area contributed by atoms with E-state index in [0.29, 0.717) is 18.7 Å². The molecular weight excluding hydrogens is 382 g/mol. The predicted molar refractivity (Wildman–Crippen MR) is 114 cm³/mol. The average molecular weight is 407 g/mol. The number of ether oxygens (including phenoxy) is 3. The molecule has 0 aromatic heterocycles. The molecule has 0 aliphatic rings. The van der Waals surface area contributed by atoms with Gasteiger partial charge in [-0.05, 0) is 52.2 Å². The molecule has 0 radical (unpaired) electrons. The fourth-order valence-corrected chi connectivity index (χ4v) is 3.14. The number of fused-ring (bicyclic) bond motifs is 1. The highest BCUT2D eigenvalue weighted by molar-refractivity contribution is 5.91. The minimum atomic E-state index is -0.533. The van der Waals surface area contributed by atoms with Crippen molar-refractivity contribution in [3.05, 3.63) is 77.4 Å². The van der Waals surface area contributed by atoms with Crippen molar-refractivity contribution in [1.82, 2.24) is 4.90 Å². The van der Waals surface area contributed by atoms with E-state index >= 15 is 0 Å². The number of nitrogens with zero attached hydrogens (tertiary/aromatic N) is 1. The Morgan fingerprint density at radius 3 is 2.43 bits per heavy atom. The highest BCUT2D eigenvalue weighted by atomic mass is 16.5. The smallest absolute Gasteiger partial charge is 0.338 e. The third kappa shape index (κ3) is 5.36. The van der Waals surface area contributed by atoms with Crippen LogP contribution in [0.15, 0.2) is 60.7 Å². The van der Waals surface area contributed by atoms with Crippen LogP contribution in [0, 0.1) is 0 Å². The maximum absolute atomic E-state index is 12.4. The Balaban J connectivity index is 1.57. The van der Waals surface area contributed by atoms with Crippen LogP contribution in [-0.4, -0.2) is 44.7 Å². The summed E-state index contributed by atoms with van der Waals surface area (Å²) in [6, 6.07) is 18.8. The molecule has 0 saturated heterocycles. The first-order valence-electron chi connectivity index (χ1n) is 9.56. The molecule has 0 saturated carbocycles. The minimum Gasteiger partial charge on any atom is -0.497 e. The lowest BCUT2D eigenvalue weighted by atomic mass is 10.1. The molecule has 0 unspecified atom stereocenters. The molecule has 30 heavy (non-hydrogen) atoms. The Labute approximate surface area is 176 Å². The number of hydrogen-bond acceptors (Lipinski definition) is 5. The van der Waals surface area contributed by atoms with E-state index < -0.39 is 5.97 Å². The zero-order chi connectivity index (χ0) is 21.5. The molecule has 0 bridgehead atoms. The average Bonchev–Trinajstić information content (AvgIpc) is 2.77. The van der Waals surface area contributed by atoms with Crippen molar-refractivity contribution in [2.45, 2.75) is 13.2 Å². The summed E-state index contributed by atoms with van der Waals surface area (Å²) in [5.41, 5.74) is 2.25. The molecule has 0 spiro atoms. The van der Waals surface area contributed by atoms with Crippen molar-refractivity contribution in [1.29, 1.82) is 0 Å². The zero-order valence-electron chi connectivity index (χ0n) is 17.4. The van der Waals surface area contributed by atoms with Crippen molar-refractivity contribution in [3.63, 3.8) is 0 Å². The molecule has 3 rings (SSSR count). The highest BCUT2D eigenvalue weighted by Gasteiger charge is 2.14. The summed E-state index contributed by atoms with van der Waals surface area (Å²) in [4.78, 5) is 26.2. The van der Waals surface area contributed by atoms with E-state index in [1.54, 1.807) is 44.4 Å². The molecule has 6 heteroatoms. The van der Waals surface area contributed by atoms with Crippen LogP contribution in [0.25, 0.3) is 10.8 Å². The third-order valence-corrected chi connectivity index (χ3v) is 4.76. The van der Waals surface area contributed by atoms with Crippen LogP contribution in [0.5, 0.6) is 5.75 Å². The van der Waals surface area contributed by atoms with Crippen LogP contribution in [0.2, 0.25) is 0 Å². The number of likely N-dealkylation sites (N-methyl/N-ethyl adjacent to an activating group) is 1. The lowest BCUT2D eigenvalue weighted by molar-refractivity contribution is -0.133. The van der Waals surface area contributed by atoms with Crippen molar-refractivity contribution in [2.75, 3.05) is 27.9 Å². The molecule has 156 valence electrons. The van der Waals surface area contributed by atoms with Gasteiger partial charge in [0.05, 0.1) is 19.3 Å². The van der Waals surface area contributed by atoms with Crippen LogP contribution < -0.4 is 4.74 Å². The molecular formula is C24H25NO5. The standard InChI is InChI=1S/C24H25NO5/c1-25(14-17-7-8-20-13-22(29-3)10-9-19(20)11-17)23(26)16-30-24(27)21-6-4-5-18(12-21)15-28-2/h4-13H,14-16H2,1-3H3. The van der Waals surface area contributed by atoms with Crippen molar-refractivity contribution in [2.24, 2.45) is 0 Å². The first kappa shape index (κ1) is 21.3. The predicted octanol–water partition coefficient (Wildman–Crippen LogP) is 3.81. The van der Waals surface area contributed by atoms with Crippen LogP contribution >= 0.6 is 0 Å². The van der Waals surface area contributed by atoms with Gasteiger partial charge in [0, 0.05) is 20.7 Å². The lowest BCUT2D eigenvalue weighted by Crippen LogP contribution is -2.30. The summed E-state index contributed by atoms with van der Waals surface area (Å²) in [5.74, 6) is -0.00213. The molecule has 0 fully saturated rings. The van der Waals surface area contributed by atoms with Crippen LogP contribution in [0.4, 0.5) is 0 Å². The molecule has 6 nitrogen and oxygen atoms in total. The Morgan fingerprint density at radius 1 is 0.900 bits per heavy atom. The van der Waals surface area contributed by atoms with E-state index in [4.69, 9.17) is 14.2 Å². The van der Waals surface area contributed by atoms with Gasteiger partial charge < -0.3 is 19.1 Å². The molecule has 3 aromatic carbocycles. The summed E-state index contributed by atoms with van der Waals surface area (Å²) in [6.45, 7) is 0.512. The number of methoxy groups -OCH3 is 2. The van der Waals surface area contributed by atoms with Crippen LogP contribution in [-0.2, 0) is 27.4 Å². The molecule has 0 N–H and O–H groups in total. The largest absolute Gasteiger partial charge is 0.497 e. The number of amides is 1. The number of rotatable bonds is 8. The zero-order valence-corrected chi connectivity index (χ0v) is 17.4. The normalized spacial score (nSPS) is 10.6. The summed E-state index contributed by atoms with van der Waals surface area (Å²) in [5, 5.41) is 2.13. The second-order valence-electron chi connectivity index (χ2n) is 7.01. The number of benzene rings is 3. The number of carbonyl (C=O) groups is 2. The van der Waals surface area contributed by atoms with Gasteiger partial charge in [-0.15, -0.1) is 0 Å². The van der Waals surface area contributed by atoms with Gasteiger partial charge in [-0.1, -0.05) is 30.3 Å². The summed E-state index contributed by atoms with van der Waals surface area (Å²) in [6.07, 6.45) is 0. The van der Waals surface area contributed by atoms with Gasteiger partial charge in [0.15, 0.2) is 6.61 Å². The number of carbonyl (C=O) groups excluding carboxylic acids is 2. The highest BCUT2D eigenvalue weighted by Crippen LogP contribution is 2.22. The van der Waals surface area contributed by atoms with Gasteiger partial charge in [-0.25, -0.2) is 4.79 Å². The SMILES string of the molecule is COCc1cccc(C(=O)OCC(=O)N(C)Cc2ccc3cc(OC)ccc3c2)c1. The second-order valence-corrected chi connectivity index (χ2v) is 7.01. The Morgan fingerprint density at radius 2 is 1.67 bits per heavy atom. The molecule has 0 aliphatic carbocycles. The number of hydrogen-bond donors (Lipinski definition) is 0. The topological polar surface area (TPSA) is 65.1 Å². The fraction of sp³-hybridized carbons (Fsp3) is 0.250. The van der Waals surface area contributed by atoms with E-state index in [1.807, 2.05) is 42.5 Å². The third-order valence-electron chi connectivity index (χ3n) is 4.76. The van der Waals surface area contributed by atoms with Gasteiger partial charge in [-0.3, -0.25) is 4.79 Å². The Bertz CT molecular complexity index is 1050. The maximum atomic E-state index is 12.4. The first-order valence-corrected chi connectivity index (χ1v) is 9.56. The van der Waals surface area contributed by atoms with Crippen molar-refractivity contribution >= 4 is 22.6 Å². The van der Waals surface area contributed by atoms with Crippen LogP contribution in [0.3, 0.4) is 0 Å². The Kier molecular flexibility index (Phi) is 7.03. The molecule has 0 heterocycles. The maximum Gasteiger partial charge on any atom is 0.338 e. The minimum absolute atomic E-state index is 0.272. The summed E-state index contributed by atoms with van der Waals surface area (Å²) < 4.78 is 15.5. The van der Waals surface area contributed by atoms with E-state index in [2.05, 4.69) is 0 Å². The first-order chi connectivity index (χ1) is 14.5. The van der Waals surface area contributed by atoms with E-state index in [0.717, 1.165) is 27.6 Å². The molecule has 0 atom stereocenters. The van der Waals surface area contributed by atoms with E-state index in [1.165, 1.54) is 0 Å². The van der Waals surface area contributed by atoms with Gasteiger partial charge >= 0.3 is 5.97 Å². The Hall–Kier alpha value is -3.38. The van der Waals surface area contributed by atoms with Gasteiger partial charge in [0.2, 0.25) is 0 Å². The van der Waals surface area contributed by atoms with Crippen LogP contribution in [0.1, 0.15) is 21.5 Å². The second kappa shape index (κ2) is 9.89. The van der Waals surface area contributed by atoms with Gasteiger partial charge in [0.1, 0.15) is 5.75 Å². The van der Waals surface area contributed by atoms with E-state index in [-0.39, 0.29) is 12.5 Å². The quantitative estimate of drug-likeness (QED) is 0.531. The molecule has 0 aliphatic heterocycles. The fourth-order valence-electron chi connectivity index (χ4n) is 3.14. The van der Waals surface area contributed by atoms with Gasteiger partial charge in [-0.2, -0.15) is 0 Å². The monoisotopic (exact) mass is 407 g/mol. The number of esters is 1. The van der Waals surface area contributed by atoms with Gasteiger partial charge in [0.25, 0.3) is 5.91 Å². The summed E-state index contributed by atoms with van der Waals surface area (Å²) in [7, 11) is 4.92. The molecule has 3 aromatic rings. The lowest BCUT2D eigenvalue weighted by Gasteiger charge is -2.17. The summed E-state index contributed by atoms with van der Waals surface area (Å²) >= 11 is 0. The molecule has 1 amide bonds. The van der Waals surface area contributed by atoms with Crippen molar-refractivity contribution < 1.29 is 23.8 Å². The van der Waals surface area contributed by atoms with E-state index in [9.17, 15) is 9.59 Å². The van der Waals surface area contributed by atoms with Crippen molar-refractivity contribution in [3.8, 4) is 5.75 Å².